The van der Waals surface area contributed by atoms with Gasteiger partial charge in [-0.05, 0) is 12.1 Å². The van der Waals surface area contributed by atoms with Crippen molar-refractivity contribution in [1.29, 1.82) is 0 Å². The van der Waals surface area contributed by atoms with Crippen LogP contribution in [-0.2, 0) is 0 Å². The number of ether oxygens (including phenoxy) is 2. The number of para-hydroxylation sites is 1. The van der Waals surface area contributed by atoms with Crippen LogP contribution in [0.2, 0.25) is 0 Å². The first-order chi connectivity index (χ1) is 12.5. The van der Waals surface area contributed by atoms with Gasteiger partial charge in [0.1, 0.15) is 17.9 Å². The molecule has 1 amide bonds. The van der Waals surface area contributed by atoms with E-state index in [-0.39, 0.29) is 17.4 Å². The molecule has 2 aromatic carbocycles. The Morgan fingerprint density at radius 1 is 1.04 bits per heavy atom. The molecule has 26 heavy (non-hydrogen) atoms. The van der Waals surface area contributed by atoms with Crippen LogP contribution in [0.1, 0.15) is 0 Å². The van der Waals surface area contributed by atoms with E-state index >= 15 is 0 Å². The quantitative estimate of drug-likeness (QED) is 0.737. The van der Waals surface area contributed by atoms with E-state index in [4.69, 9.17) is 15.2 Å². The summed E-state index contributed by atoms with van der Waals surface area (Å²) in [5, 5.41) is 2.12. The standard InChI is InChI=1S/C17H12F2N4O3/c18-11-7-14(26-16-8-15(20)21-9-22-16)12(19)6-13(11)23-17(24)25-10-4-2-1-3-5-10/h1-9H,(H,23,24)(H2,20,21,22). The number of nitrogens with one attached hydrogen (secondary N) is 1. The van der Waals surface area contributed by atoms with Crippen molar-refractivity contribution in [2.45, 2.75) is 0 Å². The molecule has 3 aromatic rings. The zero-order valence-corrected chi connectivity index (χ0v) is 13.1. The molecule has 0 radical (unpaired) electrons. The number of halogens is 2. The van der Waals surface area contributed by atoms with Crippen LogP contribution in [0.4, 0.5) is 25.1 Å². The van der Waals surface area contributed by atoms with E-state index in [1.165, 1.54) is 6.07 Å². The third-order valence-corrected chi connectivity index (χ3v) is 3.09. The van der Waals surface area contributed by atoms with Gasteiger partial charge in [0.2, 0.25) is 5.88 Å². The van der Waals surface area contributed by atoms with Gasteiger partial charge in [-0.3, -0.25) is 5.32 Å². The summed E-state index contributed by atoms with van der Waals surface area (Å²) in [6.45, 7) is 0. The number of nitrogens with two attached hydrogens (primary N) is 1. The highest BCUT2D eigenvalue weighted by Crippen LogP contribution is 2.28. The van der Waals surface area contributed by atoms with Gasteiger partial charge in [-0.25, -0.2) is 23.5 Å². The second kappa shape index (κ2) is 7.43. The molecule has 1 heterocycles. The Hall–Kier alpha value is -3.75. The first kappa shape index (κ1) is 17.1. The van der Waals surface area contributed by atoms with Gasteiger partial charge in [-0.15, -0.1) is 0 Å². The number of hydrogen-bond acceptors (Lipinski definition) is 6. The fourth-order valence-electron chi connectivity index (χ4n) is 1.96. The van der Waals surface area contributed by atoms with E-state index in [9.17, 15) is 13.6 Å². The molecule has 0 aliphatic heterocycles. The van der Waals surface area contributed by atoms with Crippen molar-refractivity contribution in [3.05, 3.63) is 66.5 Å². The summed E-state index contributed by atoms with van der Waals surface area (Å²) in [6.07, 6.45) is 0.154. The Bertz CT molecular complexity index is 939. The number of hydrogen-bond donors (Lipinski definition) is 2. The third kappa shape index (κ3) is 4.20. The maximum absolute atomic E-state index is 14.1. The summed E-state index contributed by atoms with van der Waals surface area (Å²) in [5.74, 6) is -1.96. The molecule has 0 saturated carbocycles. The summed E-state index contributed by atoms with van der Waals surface area (Å²) >= 11 is 0. The number of amides is 1. The van der Waals surface area contributed by atoms with Crippen LogP contribution in [-0.4, -0.2) is 16.1 Å². The average Bonchev–Trinajstić information content (AvgIpc) is 2.60. The second-order valence-corrected chi connectivity index (χ2v) is 4.97. The minimum absolute atomic E-state index is 0.0556. The van der Waals surface area contributed by atoms with Crippen LogP contribution in [0.15, 0.2) is 54.9 Å². The van der Waals surface area contributed by atoms with Crippen molar-refractivity contribution in [2.24, 2.45) is 0 Å². The van der Waals surface area contributed by atoms with Crippen LogP contribution >= 0.6 is 0 Å². The van der Waals surface area contributed by atoms with Crippen molar-refractivity contribution in [3.63, 3.8) is 0 Å². The zero-order valence-electron chi connectivity index (χ0n) is 13.1. The van der Waals surface area contributed by atoms with E-state index in [0.29, 0.717) is 0 Å². The molecule has 1 aromatic heterocycles. The fraction of sp³-hybridized carbons (Fsp3) is 0. The Morgan fingerprint density at radius 2 is 1.81 bits per heavy atom. The van der Waals surface area contributed by atoms with Crippen LogP contribution in [0.3, 0.4) is 0 Å². The maximum Gasteiger partial charge on any atom is 0.417 e. The minimum atomic E-state index is -0.966. The number of carbonyl (C=O) groups is 1. The van der Waals surface area contributed by atoms with Gasteiger partial charge in [0.05, 0.1) is 5.69 Å². The van der Waals surface area contributed by atoms with Gasteiger partial charge in [-0.1, -0.05) is 18.2 Å². The van der Waals surface area contributed by atoms with Crippen molar-refractivity contribution < 1.29 is 23.0 Å². The number of aromatic nitrogens is 2. The van der Waals surface area contributed by atoms with E-state index in [1.807, 2.05) is 0 Å². The number of benzene rings is 2. The highest BCUT2D eigenvalue weighted by Gasteiger charge is 2.15. The third-order valence-electron chi connectivity index (χ3n) is 3.09. The monoisotopic (exact) mass is 358 g/mol. The molecule has 0 saturated heterocycles. The summed E-state index contributed by atoms with van der Waals surface area (Å²) in [6, 6.07) is 10.9. The molecule has 0 atom stereocenters. The minimum Gasteiger partial charge on any atom is -0.436 e. The molecule has 3 N–H and O–H groups in total. The first-order valence-corrected chi connectivity index (χ1v) is 7.29. The highest BCUT2D eigenvalue weighted by molar-refractivity contribution is 5.86. The smallest absolute Gasteiger partial charge is 0.417 e. The molecule has 3 rings (SSSR count). The number of nitrogens with zero attached hydrogens (tertiary/aromatic N) is 2. The Balaban J connectivity index is 1.73. The summed E-state index contributed by atoms with van der Waals surface area (Å²) in [5.41, 5.74) is 5.06. The van der Waals surface area contributed by atoms with Crippen molar-refractivity contribution in [2.75, 3.05) is 11.1 Å². The second-order valence-electron chi connectivity index (χ2n) is 4.97. The summed E-state index contributed by atoms with van der Waals surface area (Å²) in [4.78, 5) is 19.2. The normalized spacial score (nSPS) is 10.2. The number of rotatable bonds is 4. The van der Waals surface area contributed by atoms with Crippen LogP contribution < -0.4 is 20.5 Å². The Kier molecular flexibility index (Phi) is 4.88. The summed E-state index contributed by atoms with van der Waals surface area (Å²) < 4.78 is 38.4. The number of nitrogen functional groups attached to an aromatic ring is 1. The molecular formula is C17H12F2N4O3. The molecule has 0 aliphatic rings. The molecule has 0 fully saturated rings. The number of anilines is 2. The van der Waals surface area contributed by atoms with Gasteiger partial charge < -0.3 is 15.2 Å². The average molecular weight is 358 g/mol. The SMILES string of the molecule is Nc1cc(Oc2cc(F)c(NC(=O)Oc3ccccc3)cc2F)ncn1. The molecule has 0 bridgehead atoms. The predicted octanol–water partition coefficient (Wildman–Crippen LogP) is 3.74. The van der Waals surface area contributed by atoms with Crippen LogP contribution in [0.25, 0.3) is 0 Å². The lowest BCUT2D eigenvalue weighted by Crippen LogP contribution is -2.17. The Labute approximate surface area is 146 Å². The zero-order chi connectivity index (χ0) is 18.5. The lowest BCUT2D eigenvalue weighted by molar-refractivity contribution is 0.215. The summed E-state index contributed by atoms with van der Waals surface area (Å²) in [7, 11) is 0. The van der Waals surface area contributed by atoms with Gasteiger partial charge >= 0.3 is 6.09 Å². The lowest BCUT2D eigenvalue weighted by Gasteiger charge is -2.10. The largest absolute Gasteiger partial charge is 0.436 e. The topological polar surface area (TPSA) is 99.4 Å². The van der Waals surface area contributed by atoms with E-state index in [2.05, 4.69) is 15.3 Å². The molecule has 7 nitrogen and oxygen atoms in total. The van der Waals surface area contributed by atoms with E-state index < -0.39 is 29.2 Å². The lowest BCUT2D eigenvalue weighted by atomic mass is 10.2. The van der Waals surface area contributed by atoms with Crippen molar-refractivity contribution in [1.82, 2.24) is 9.97 Å². The molecule has 9 heteroatoms. The molecule has 132 valence electrons. The highest BCUT2D eigenvalue weighted by atomic mass is 19.1. The molecule has 0 unspecified atom stereocenters. The van der Waals surface area contributed by atoms with Gasteiger partial charge in [0.15, 0.2) is 17.4 Å². The van der Waals surface area contributed by atoms with Crippen molar-refractivity contribution in [3.8, 4) is 17.4 Å². The first-order valence-electron chi connectivity index (χ1n) is 7.29. The predicted molar refractivity (Wildman–Crippen MR) is 89.0 cm³/mol. The van der Waals surface area contributed by atoms with Crippen molar-refractivity contribution >= 4 is 17.6 Å². The van der Waals surface area contributed by atoms with Gasteiger partial charge in [-0.2, -0.15) is 0 Å². The Morgan fingerprint density at radius 3 is 2.54 bits per heavy atom. The van der Waals surface area contributed by atoms with Gasteiger partial charge in [0.25, 0.3) is 0 Å². The van der Waals surface area contributed by atoms with E-state index in [0.717, 1.165) is 18.5 Å². The molecule has 0 spiro atoms. The fourth-order valence-corrected chi connectivity index (χ4v) is 1.96. The van der Waals surface area contributed by atoms with Gasteiger partial charge in [0, 0.05) is 18.2 Å². The molecular weight excluding hydrogens is 346 g/mol. The van der Waals surface area contributed by atoms with Crippen LogP contribution in [0, 0.1) is 11.6 Å². The van der Waals surface area contributed by atoms with Crippen LogP contribution in [0.5, 0.6) is 17.4 Å². The van der Waals surface area contributed by atoms with E-state index in [1.54, 1.807) is 30.3 Å². The molecule has 0 aliphatic carbocycles. The number of carbonyl (C=O) groups excluding carboxylic acids is 1. The maximum atomic E-state index is 14.1.